The van der Waals surface area contributed by atoms with Crippen molar-refractivity contribution in [3.63, 3.8) is 0 Å². The topological polar surface area (TPSA) is 41.9 Å². The molecule has 8 heteroatoms. The first-order chi connectivity index (χ1) is 13.9. The van der Waals surface area contributed by atoms with Crippen LogP contribution in [-0.2, 0) is 11.4 Å². The van der Waals surface area contributed by atoms with E-state index in [0.717, 1.165) is 20.8 Å². The van der Waals surface area contributed by atoms with Crippen molar-refractivity contribution in [2.75, 3.05) is 13.1 Å². The van der Waals surface area contributed by atoms with Crippen molar-refractivity contribution in [2.24, 2.45) is 4.99 Å². The largest absolute Gasteiger partial charge is 0.488 e. The summed E-state index contributed by atoms with van der Waals surface area (Å²) in [7, 11) is 0. The summed E-state index contributed by atoms with van der Waals surface area (Å²) in [5, 5.41) is 1.86. The third kappa shape index (κ3) is 5.37. The number of amides is 1. The molecule has 0 unspecified atom stereocenters. The van der Waals surface area contributed by atoms with Crippen LogP contribution in [0.1, 0.15) is 25.0 Å². The number of carbonyl (C=O) groups excluding carboxylic acids is 1. The van der Waals surface area contributed by atoms with Crippen LogP contribution >= 0.6 is 50.9 Å². The van der Waals surface area contributed by atoms with E-state index in [4.69, 9.17) is 27.9 Å². The van der Waals surface area contributed by atoms with E-state index in [1.54, 1.807) is 17.0 Å². The van der Waals surface area contributed by atoms with Gasteiger partial charge in [-0.3, -0.25) is 14.7 Å². The number of likely N-dealkylation sites (N-methyl/N-ethyl adjacent to an activating group) is 1. The molecule has 1 aliphatic heterocycles. The van der Waals surface area contributed by atoms with E-state index in [1.165, 1.54) is 11.8 Å². The van der Waals surface area contributed by atoms with Crippen LogP contribution in [0.2, 0.25) is 10.0 Å². The third-order valence-corrected chi connectivity index (χ3v) is 6.28. The van der Waals surface area contributed by atoms with E-state index in [-0.39, 0.29) is 5.91 Å². The molecule has 1 aliphatic rings. The molecular weight excluding hydrogens is 495 g/mol. The van der Waals surface area contributed by atoms with Crippen LogP contribution in [-0.4, -0.2) is 29.1 Å². The number of thioether (sulfide) groups is 1. The Morgan fingerprint density at radius 3 is 2.69 bits per heavy atom. The van der Waals surface area contributed by atoms with Crippen molar-refractivity contribution in [2.45, 2.75) is 20.5 Å². The predicted octanol–water partition coefficient (Wildman–Crippen LogP) is 6.65. The van der Waals surface area contributed by atoms with Crippen molar-refractivity contribution in [3.8, 4) is 5.75 Å². The lowest BCUT2D eigenvalue weighted by molar-refractivity contribution is -0.122. The van der Waals surface area contributed by atoms with Crippen molar-refractivity contribution in [1.29, 1.82) is 0 Å². The normalized spacial score (nSPS) is 16.9. The van der Waals surface area contributed by atoms with Crippen LogP contribution in [0, 0.1) is 0 Å². The molecule has 2 aromatic carbocycles. The van der Waals surface area contributed by atoms with Crippen molar-refractivity contribution >= 4 is 68.0 Å². The Balaban J connectivity index is 1.88. The van der Waals surface area contributed by atoms with Gasteiger partial charge in [-0.05, 0) is 62.0 Å². The average Bonchev–Trinajstić information content (AvgIpc) is 2.97. The molecule has 0 saturated carbocycles. The second kappa shape index (κ2) is 10.0. The van der Waals surface area contributed by atoms with Crippen LogP contribution in [0.25, 0.3) is 6.08 Å². The highest BCUT2D eigenvalue weighted by molar-refractivity contribution is 9.10. The first kappa shape index (κ1) is 22.2. The number of halogens is 3. The number of aliphatic imine (C=N–C) groups is 1. The van der Waals surface area contributed by atoms with E-state index in [0.29, 0.717) is 40.4 Å². The standard InChI is InChI=1S/C21H19BrCl2N2O2S/c1-3-25-21-26(4-2)20(27)19(29-21)10-14-9-15(22)6-8-18(14)28-12-13-5-7-16(23)11-17(13)24/h5-11H,3-4,12H2,1-2H3/b19-10-,25-21?. The Labute approximate surface area is 193 Å². The summed E-state index contributed by atoms with van der Waals surface area (Å²) in [5.74, 6) is 0.611. The lowest BCUT2D eigenvalue weighted by Gasteiger charge is -2.12. The molecule has 0 bridgehead atoms. The van der Waals surface area contributed by atoms with Crippen LogP contribution < -0.4 is 4.74 Å². The van der Waals surface area contributed by atoms with E-state index < -0.39 is 0 Å². The number of hydrogen-bond donors (Lipinski definition) is 0. The number of hydrogen-bond acceptors (Lipinski definition) is 4. The molecule has 29 heavy (non-hydrogen) atoms. The molecule has 0 radical (unpaired) electrons. The summed E-state index contributed by atoms with van der Waals surface area (Å²) >= 11 is 17.1. The molecule has 1 saturated heterocycles. The smallest absolute Gasteiger partial charge is 0.266 e. The van der Waals surface area contributed by atoms with Crippen molar-refractivity contribution < 1.29 is 9.53 Å². The van der Waals surface area contributed by atoms with Gasteiger partial charge >= 0.3 is 0 Å². The van der Waals surface area contributed by atoms with Crippen LogP contribution in [0.3, 0.4) is 0 Å². The van der Waals surface area contributed by atoms with Gasteiger partial charge in [-0.25, -0.2) is 0 Å². The molecule has 0 spiro atoms. The van der Waals surface area contributed by atoms with Crippen molar-refractivity contribution in [1.82, 2.24) is 4.90 Å². The summed E-state index contributed by atoms with van der Waals surface area (Å²) in [6, 6.07) is 11.0. The second-order valence-electron chi connectivity index (χ2n) is 6.12. The Bertz CT molecular complexity index is 995. The first-order valence-corrected chi connectivity index (χ1v) is 11.4. The lowest BCUT2D eigenvalue weighted by Crippen LogP contribution is -2.28. The molecule has 0 aromatic heterocycles. The summed E-state index contributed by atoms with van der Waals surface area (Å²) in [6.07, 6.45) is 1.84. The number of ether oxygens (including phenoxy) is 1. The van der Waals surface area contributed by atoms with E-state index in [1.807, 2.05) is 44.2 Å². The first-order valence-electron chi connectivity index (χ1n) is 9.05. The minimum atomic E-state index is -0.0450. The second-order valence-corrected chi connectivity index (χ2v) is 8.89. The molecule has 2 aromatic rings. The molecule has 152 valence electrons. The zero-order valence-electron chi connectivity index (χ0n) is 15.9. The number of benzene rings is 2. The van der Waals surface area contributed by atoms with Gasteiger partial charge in [-0.1, -0.05) is 45.2 Å². The van der Waals surface area contributed by atoms with Gasteiger partial charge in [-0.15, -0.1) is 0 Å². The fourth-order valence-electron chi connectivity index (χ4n) is 2.74. The Hall–Kier alpha value is -1.47. The highest BCUT2D eigenvalue weighted by Gasteiger charge is 2.32. The molecule has 1 heterocycles. The molecular formula is C21H19BrCl2N2O2S. The maximum atomic E-state index is 12.8. The molecule has 0 aliphatic carbocycles. The molecule has 0 N–H and O–H groups in total. The zero-order valence-corrected chi connectivity index (χ0v) is 19.8. The summed E-state index contributed by atoms with van der Waals surface area (Å²) in [5.41, 5.74) is 1.63. The van der Waals surface area contributed by atoms with E-state index >= 15 is 0 Å². The molecule has 3 rings (SSSR count). The van der Waals surface area contributed by atoms with Gasteiger partial charge in [0.2, 0.25) is 0 Å². The highest BCUT2D eigenvalue weighted by atomic mass is 79.9. The van der Waals surface area contributed by atoms with Gasteiger partial charge in [0.05, 0.1) is 4.91 Å². The number of carbonyl (C=O) groups is 1. The molecule has 0 atom stereocenters. The van der Waals surface area contributed by atoms with Gasteiger partial charge in [0.1, 0.15) is 12.4 Å². The fourth-order valence-corrected chi connectivity index (χ4v) is 4.68. The third-order valence-electron chi connectivity index (χ3n) is 4.15. The summed E-state index contributed by atoms with van der Waals surface area (Å²) in [6.45, 7) is 5.40. The summed E-state index contributed by atoms with van der Waals surface area (Å²) in [4.78, 5) is 19.5. The number of nitrogens with zero attached hydrogens (tertiary/aromatic N) is 2. The number of rotatable bonds is 6. The summed E-state index contributed by atoms with van der Waals surface area (Å²) < 4.78 is 6.91. The molecule has 1 amide bonds. The van der Waals surface area contributed by atoms with Crippen LogP contribution in [0.15, 0.2) is 50.8 Å². The lowest BCUT2D eigenvalue weighted by atomic mass is 10.1. The fraction of sp³-hybridized carbons (Fsp3) is 0.238. The zero-order chi connectivity index (χ0) is 21.0. The van der Waals surface area contributed by atoms with Gasteiger partial charge < -0.3 is 4.74 Å². The van der Waals surface area contributed by atoms with Gasteiger partial charge in [0.25, 0.3) is 5.91 Å². The van der Waals surface area contributed by atoms with Gasteiger partial charge in [-0.2, -0.15) is 0 Å². The molecule has 4 nitrogen and oxygen atoms in total. The maximum absolute atomic E-state index is 12.8. The van der Waals surface area contributed by atoms with E-state index in [9.17, 15) is 4.79 Å². The SMILES string of the molecule is CCN=C1S/C(=C\c2cc(Br)ccc2OCc2ccc(Cl)cc2Cl)C(=O)N1CC. The quantitative estimate of drug-likeness (QED) is 0.406. The minimum absolute atomic E-state index is 0.0450. The van der Waals surface area contributed by atoms with Gasteiger partial charge in [0, 0.05) is 38.7 Å². The maximum Gasteiger partial charge on any atom is 0.266 e. The van der Waals surface area contributed by atoms with Gasteiger partial charge in [0.15, 0.2) is 5.17 Å². The number of amidine groups is 1. The van der Waals surface area contributed by atoms with Crippen LogP contribution in [0.4, 0.5) is 0 Å². The monoisotopic (exact) mass is 512 g/mol. The van der Waals surface area contributed by atoms with Crippen LogP contribution in [0.5, 0.6) is 5.75 Å². The predicted molar refractivity (Wildman–Crippen MR) is 126 cm³/mol. The average molecular weight is 514 g/mol. The van der Waals surface area contributed by atoms with Crippen molar-refractivity contribution in [3.05, 3.63) is 66.9 Å². The Morgan fingerprint density at radius 2 is 2.00 bits per heavy atom. The van der Waals surface area contributed by atoms with E-state index in [2.05, 4.69) is 20.9 Å². The highest BCUT2D eigenvalue weighted by Crippen LogP contribution is 2.35. The molecule has 1 fully saturated rings. The minimum Gasteiger partial charge on any atom is -0.488 e. The Morgan fingerprint density at radius 1 is 1.21 bits per heavy atom. The Kier molecular flexibility index (Phi) is 7.68.